The third-order valence-corrected chi connectivity index (χ3v) is 5.34. The van der Waals surface area contributed by atoms with Gasteiger partial charge >= 0.3 is 0 Å². The van der Waals surface area contributed by atoms with E-state index < -0.39 is 0 Å². The highest BCUT2D eigenvalue weighted by atomic mass is 16.1. The van der Waals surface area contributed by atoms with Crippen LogP contribution in [0, 0.1) is 0 Å². The molecule has 0 radical (unpaired) electrons. The van der Waals surface area contributed by atoms with E-state index in [-0.39, 0.29) is 5.91 Å². The summed E-state index contributed by atoms with van der Waals surface area (Å²) in [7, 11) is 0. The van der Waals surface area contributed by atoms with Gasteiger partial charge in [-0.05, 0) is 62.7 Å². The second-order valence-electron chi connectivity index (χ2n) is 7.45. The molecule has 1 amide bonds. The second kappa shape index (κ2) is 8.97. The predicted octanol–water partition coefficient (Wildman–Crippen LogP) is 3.09. The van der Waals surface area contributed by atoms with Crippen molar-refractivity contribution in [2.45, 2.75) is 32.2 Å². The molecule has 2 heterocycles. The minimum Gasteiger partial charge on any atom is -0.352 e. The lowest BCUT2D eigenvalue weighted by Crippen LogP contribution is -2.33. The highest BCUT2D eigenvalue weighted by Crippen LogP contribution is 2.15. The van der Waals surface area contributed by atoms with Crippen LogP contribution < -0.4 is 5.32 Å². The van der Waals surface area contributed by atoms with Gasteiger partial charge in [-0.15, -0.1) is 5.10 Å². The van der Waals surface area contributed by atoms with Crippen LogP contribution in [0.5, 0.6) is 0 Å². The minimum atomic E-state index is -0.0434. The van der Waals surface area contributed by atoms with Gasteiger partial charge in [0.05, 0.1) is 12.1 Å². The van der Waals surface area contributed by atoms with Gasteiger partial charge in [-0.3, -0.25) is 4.79 Å². The molecular formula is C22H27N5O. The van der Waals surface area contributed by atoms with Crippen molar-refractivity contribution in [1.82, 2.24) is 25.2 Å². The summed E-state index contributed by atoms with van der Waals surface area (Å²) in [6.07, 6.45) is 4.95. The van der Waals surface area contributed by atoms with Crippen LogP contribution in [0.25, 0.3) is 11.0 Å². The van der Waals surface area contributed by atoms with Crippen LogP contribution in [0.2, 0.25) is 0 Å². The number of aromatic nitrogens is 3. The van der Waals surface area contributed by atoms with Crippen molar-refractivity contribution in [3.05, 3.63) is 59.7 Å². The van der Waals surface area contributed by atoms with E-state index in [4.69, 9.17) is 0 Å². The number of hydrogen-bond donors (Lipinski definition) is 1. The molecule has 4 rings (SSSR count). The highest BCUT2D eigenvalue weighted by molar-refractivity contribution is 5.97. The van der Waals surface area contributed by atoms with Gasteiger partial charge in [-0.1, -0.05) is 42.0 Å². The summed E-state index contributed by atoms with van der Waals surface area (Å²) in [6.45, 7) is 4.83. The van der Waals surface area contributed by atoms with Crippen molar-refractivity contribution < 1.29 is 4.79 Å². The molecule has 1 aliphatic heterocycles. The number of nitrogens with zero attached hydrogens (tertiary/aromatic N) is 4. The molecule has 6 nitrogen and oxygen atoms in total. The molecule has 0 spiro atoms. The number of carbonyl (C=O) groups is 1. The number of hydrogen-bond acceptors (Lipinski definition) is 4. The highest BCUT2D eigenvalue weighted by Gasteiger charge is 2.12. The lowest BCUT2D eigenvalue weighted by atomic mass is 10.1. The van der Waals surface area contributed by atoms with Crippen molar-refractivity contribution in [2.75, 3.05) is 26.2 Å². The summed E-state index contributed by atoms with van der Waals surface area (Å²) in [5.74, 6) is -0.0434. The number of nitrogens with one attached hydrogen (secondary N) is 1. The Morgan fingerprint density at radius 3 is 2.68 bits per heavy atom. The minimum absolute atomic E-state index is 0.0434. The Hall–Kier alpha value is -2.73. The average Bonchev–Trinajstić information content (AvgIpc) is 3.14. The second-order valence-corrected chi connectivity index (χ2v) is 7.45. The summed E-state index contributed by atoms with van der Waals surface area (Å²) in [5, 5.41) is 11.5. The molecule has 1 fully saturated rings. The SMILES string of the molecule is O=C(NCCCN1CCCCC1)c1ccc2c(c1)nnn2Cc1ccccc1. The maximum Gasteiger partial charge on any atom is 0.251 e. The zero-order valence-corrected chi connectivity index (χ0v) is 16.2. The summed E-state index contributed by atoms with van der Waals surface area (Å²) in [4.78, 5) is 15.0. The Bertz CT molecular complexity index is 915. The average molecular weight is 377 g/mol. The van der Waals surface area contributed by atoms with E-state index in [2.05, 4.69) is 32.7 Å². The fraction of sp³-hybridized carbons (Fsp3) is 0.409. The number of piperidine rings is 1. The third-order valence-electron chi connectivity index (χ3n) is 5.34. The molecule has 0 bridgehead atoms. The van der Waals surface area contributed by atoms with Crippen LogP contribution in [-0.4, -0.2) is 52.0 Å². The normalized spacial score (nSPS) is 15.0. The lowest BCUT2D eigenvalue weighted by Gasteiger charge is -2.26. The molecule has 1 saturated heterocycles. The zero-order chi connectivity index (χ0) is 19.2. The lowest BCUT2D eigenvalue weighted by molar-refractivity contribution is 0.0951. The van der Waals surface area contributed by atoms with Gasteiger partial charge in [0.2, 0.25) is 0 Å². The Morgan fingerprint density at radius 2 is 1.86 bits per heavy atom. The Morgan fingerprint density at radius 1 is 1.04 bits per heavy atom. The number of benzene rings is 2. The zero-order valence-electron chi connectivity index (χ0n) is 16.2. The first kappa shape index (κ1) is 18.6. The third kappa shape index (κ3) is 4.57. The van der Waals surface area contributed by atoms with E-state index >= 15 is 0 Å². The Kier molecular flexibility index (Phi) is 5.97. The fourth-order valence-corrected chi connectivity index (χ4v) is 3.78. The van der Waals surface area contributed by atoms with Crippen molar-refractivity contribution in [2.24, 2.45) is 0 Å². The molecule has 1 N–H and O–H groups in total. The van der Waals surface area contributed by atoms with Crippen molar-refractivity contribution in [1.29, 1.82) is 0 Å². The quantitative estimate of drug-likeness (QED) is 0.643. The molecule has 0 saturated carbocycles. The van der Waals surface area contributed by atoms with Gasteiger partial charge < -0.3 is 10.2 Å². The molecule has 1 aliphatic rings. The largest absolute Gasteiger partial charge is 0.352 e. The van der Waals surface area contributed by atoms with Crippen LogP contribution >= 0.6 is 0 Å². The molecular weight excluding hydrogens is 350 g/mol. The van der Waals surface area contributed by atoms with E-state index in [1.165, 1.54) is 37.9 Å². The maximum absolute atomic E-state index is 12.5. The summed E-state index contributed by atoms with van der Waals surface area (Å²) in [5.41, 5.74) is 3.49. The van der Waals surface area contributed by atoms with Crippen LogP contribution in [0.1, 0.15) is 41.6 Å². The fourth-order valence-electron chi connectivity index (χ4n) is 3.78. The van der Waals surface area contributed by atoms with Gasteiger partial charge in [0.15, 0.2) is 0 Å². The van der Waals surface area contributed by atoms with Gasteiger partial charge in [0, 0.05) is 12.1 Å². The van der Waals surface area contributed by atoms with E-state index in [9.17, 15) is 4.79 Å². The summed E-state index contributed by atoms with van der Waals surface area (Å²) < 4.78 is 1.87. The van der Waals surface area contributed by atoms with Crippen molar-refractivity contribution in [3.8, 4) is 0 Å². The number of rotatable bonds is 7. The Balaban J connectivity index is 1.33. The van der Waals surface area contributed by atoms with Crippen LogP contribution in [-0.2, 0) is 6.54 Å². The molecule has 2 aromatic carbocycles. The number of likely N-dealkylation sites (tertiary alicyclic amines) is 1. The first-order chi connectivity index (χ1) is 13.8. The monoisotopic (exact) mass is 377 g/mol. The molecule has 0 unspecified atom stereocenters. The number of carbonyl (C=O) groups excluding carboxylic acids is 1. The summed E-state index contributed by atoms with van der Waals surface area (Å²) >= 11 is 0. The van der Waals surface area contributed by atoms with E-state index in [1.807, 2.05) is 41.1 Å². The van der Waals surface area contributed by atoms with Crippen molar-refractivity contribution >= 4 is 16.9 Å². The first-order valence-electron chi connectivity index (χ1n) is 10.2. The van der Waals surface area contributed by atoms with E-state index in [0.29, 0.717) is 18.7 Å². The summed E-state index contributed by atoms with van der Waals surface area (Å²) in [6, 6.07) is 15.8. The molecule has 1 aromatic heterocycles. The number of fused-ring (bicyclic) bond motifs is 1. The van der Waals surface area contributed by atoms with Gasteiger partial charge in [-0.25, -0.2) is 4.68 Å². The first-order valence-corrected chi connectivity index (χ1v) is 10.2. The maximum atomic E-state index is 12.5. The van der Waals surface area contributed by atoms with Crippen molar-refractivity contribution in [3.63, 3.8) is 0 Å². The van der Waals surface area contributed by atoms with Crippen LogP contribution in [0.15, 0.2) is 48.5 Å². The van der Waals surface area contributed by atoms with Crippen LogP contribution in [0.4, 0.5) is 0 Å². The van der Waals surface area contributed by atoms with Crippen LogP contribution in [0.3, 0.4) is 0 Å². The molecule has 28 heavy (non-hydrogen) atoms. The molecule has 0 aliphatic carbocycles. The van der Waals surface area contributed by atoms with Gasteiger partial charge in [0.1, 0.15) is 5.52 Å². The van der Waals surface area contributed by atoms with Gasteiger partial charge in [-0.2, -0.15) is 0 Å². The number of amides is 1. The smallest absolute Gasteiger partial charge is 0.251 e. The van der Waals surface area contributed by atoms with Gasteiger partial charge in [0.25, 0.3) is 5.91 Å². The standard InChI is InChI=1S/C22H27N5O/c28-22(23-12-7-15-26-13-5-2-6-14-26)19-10-11-21-20(16-19)24-25-27(21)17-18-8-3-1-4-9-18/h1,3-4,8-11,16H,2,5-7,12-15,17H2,(H,23,28). The molecule has 6 heteroatoms. The van der Waals surface area contributed by atoms with E-state index in [1.54, 1.807) is 0 Å². The molecule has 146 valence electrons. The topological polar surface area (TPSA) is 63.1 Å². The molecule has 3 aromatic rings. The predicted molar refractivity (Wildman–Crippen MR) is 110 cm³/mol. The van der Waals surface area contributed by atoms with E-state index in [0.717, 1.165) is 24.0 Å². The Labute approximate surface area is 165 Å². The molecule has 0 atom stereocenters.